The van der Waals surface area contributed by atoms with E-state index >= 15 is 0 Å². The molecule has 9 heteroatoms. The fourth-order valence-electron chi connectivity index (χ4n) is 4.75. The first kappa shape index (κ1) is 31.5. The van der Waals surface area contributed by atoms with Crippen LogP contribution in [-0.4, -0.2) is 55.9 Å². The molecule has 0 aliphatic carbocycles. The van der Waals surface area contributed by atoms with E-state index < -0.39 is 28.5 Å². The minimum Gasteiger partial charge on any atom is -0.497 e. The summed E-state index contributed by atoms with van der Waals surface area (Å²) in [5.74, 6) is -0.187. The van der Waals surface area contributed by atoms with Crippen molar-refractivity contribution in [1.82, 2.24) is 14.5 Å². The van der Waals surface area contributed by atoms with Crippen LogP contribution in [0.4, 0.5) is 0 Å². The lowest BCUT2D eigenvalue weighted by Gasteiger charge is -2.33. The number of nitrogens with one attached hydrogen (secondary N) is 1. The maximum atomic E-state index is 14.1. The lowest BCUT2D eigenvalue weighted by atomic mass is 10.0. The third kappa shape index (κ3) is 9.26. The molecule has 43 heavy (non-hydrogen) atoms. The molecule has 0 spiro atoms. The first-order valence-corrected chi connectivity index (χ1v) is 15.9. The molecule has 0 aliphatic rings. The first-order chi connectivity index (χ1) is 20.7. The van der Waals surface area contributed by atoms with Crippen molar-refractivity contribution < 1.29 is 22.7 Å². The Balaban J connectivity index is 1.66. The molecular weight excluding hydrogens is 562 g/mol. The van der Waals surface area contributed by atoms with Crippen LogP contribution >= 0.6 is 0 Å². The topological polar surface area (TPSA) is 96.0 Å². The van der Waals surface area contributed by atoms with E-state index in [1.54, 1.807) is 31.4 Å². The number of amides is 2. The third-order valence-electron chi connectivity index (χ3n) is 7.05. The summed E-state index contributed by atoms with van der Waals surface area (Å²) < 4.78 is 32.1. The van der Waals surface area contributed by atoms with Crippen LogP contribution in [0, 0.1) is 0 Å². The van der Waals surface area contributed by atoms with Gasteiger partial charge in [0.15, 0.2) is 0 Å². The smallest absolute Gasteiger partial charge is 0.247 e. The van der Waals surface area contributed by atoms with Gasteiger partial charge >= 0.3 is 0 Å². The summed E-state index contributed by atoms with van der Waals surface area (Å²) in [4.78, 5) is 29.5. The van der Waals surface area contributed by atoms with Gasteiger partial charge in [0.2, 0.25) is 21.8 Å². The molecule has 4 rings (SSSR count). The van der Waals surface area contributed by atoms with Crippen molar-refractivity contribution in [2.24, 2.45) is 0 Å². The second-order valence-electron chi connectivity index (χ2n) is 10.2. The number of hydrogen-bond acceptors (Lipinski definition) is 5. The summed E-state index contributed by atoms with van der Waals surface area (Å²) in [5, 5.41) is 3.01. The van der Waals surface area contributed by atoms with Crippen molar-refractivity contribution in [2.45, 2.75) is 25.6 Å². The minimum atomic E-state index is -3.76. The Kier molecular flexibility index (Phi) is 11.1. The Bertz CT molecular complexity index is 1570. The summed E-state index contributed by atoms with van der Waals surface area (Å²) in [5.41, 5.74) is 3.22. The van der Waals surface area contributed by atoms with E-state index in [1.807, 2.05) is 91.0 Å². The predicted molar refractivity (Wildman–Crippen MR) is 168 cm³/mol. The molecule has 8 nitrogen and oxygen atoms in total. The van der Waals surface area contributed by atoms with Crippen molar-refractivity contribution in [3.05, 3.63) is 138 Å². The second kappa shape index (κ2) is 15.1. The molecular formula is C34H37N3O5S. The molecule has 0 radical (unpaired) electrons. The molecule has 0 aliphatic heterocycles. The van der Waals surface area contributed by atoms with Crippen molar-refractivity contribution in [1.29, 1.82) is 0 Å². The van der Waals surface area contributed by atoms with E-state index in [4.69, 9.17) is 4.74 Å². The molecule has 1 unspecified atom stereocenters. The number of rotatable bonds is 14. The maximum Gasteiger partial charge on any atom is 0.247 e. The summed E-state index contributed by atoms with van der Waals surface area (Å²) in [6.07, 6.45) is 1.71. The number of carbonyl (C=O) groups is 2. The van der Waals surface area contributed by atoms with Gasteiger partial charge in [-0.2, -0.15) is 4.31 Å². The van der Waals surface area contributed by atoms with E-state index in [0.29, 0.717) is 24.3 Å². The molecule has 2 amide bonds. The Hall–Kier alpha value is -4.47. The Morgan fingerprint density at radius 1 is 0.744 bits per heavy atom. The van der Waals surface area contributed by atoms with Crippen molar-refractivity contribution in [2.75, 3.05) is 26.5 Å². The van der Waals surface area contributed by atoms with Crippen molar-refractivity contribution in [3.8, 4) is 5.75 Å². The van der Waals surface area contributed by atoms with Gasteiger partial charge in [0.1, 0.15) is 11.8 Å². The van der Waals surface area contributed by atoms with Gasteiger partial charge in [0, 0.05) is 19.6 Å². The number of nitrogens with zero attached hydrogens (tertiary/aromatic N) is 2. The maximum absolute atomic E-state index is 14.1. The van der Waals surface area contributed by atoms with E-state index in [1.165, 1.54) is 4.90 Å². The Morgan fingerprint density at radius 3 is 1.84 bits per heavy atom. The second-order valence-corrected chi connectivity index (χ2v) is 12.2. The normalized spacial score (nSPS) is 12.0. The van der Waals surface area contributed by atoms with E-state index in [2.05, 4.69) is 5.32 Å². The molecule has 4 aromatic carbocycles. The van der Waals surface area contributed by atoms with Crippen LogP contribution < -0.4 is 10.1 Å². The molecule has 1 N–H and O–H groups in total. The number of carbonyl (C=O) groups excluding carboxylic acids is 2. The molecule has 0 fully saturated rings. The van der Waals surface area contributed by atoms with Crippen LogP contribution in [0.2, 0.25) is 0 Å². The van der Waals surface area contributed by atoms with Gasteiger partial charge < -0.3 is 15.0 Å². The van der Waals surface area contributed by atoms with Crippen LogP contribution in [0.15, 0.2) is 115 Å². The average Bonchev–Trinajstić information content (AvgIpc) is 3.02. The highest BCUT2D eigenvalue weighted by atomic mass is 32.2. The predicted octanol–water partition coefficient (Wildman–Crippen LogP) is 4.59. The zero-order chi connectivity index (χ0) is 30.7. The van der Waals surface area contributed by atoms with Gasteiger partial charge in [-0.05, 0) is 40.8 Å². The molecule has 0 heterocycles. The largest absolute Gasteiger partial charge is 0.497 e. The number of methoxy groups -OCH3 is 1. The lowest BCUT2D eigenvalue weighted by molar-refractivity contribution is -0.141. The average molecular weight is 600 g/mol. The number of ether oxygens (including phenoxy) is 1. The summed E-state index contributed by atoms with van der Waals surface area (Å²) in [6.45, 7) is 0.0588. The monoisotopic (exact) mass is 599 g/mol. The van der Waals surface area contributed by atoms with E-state index in [0.717, 1.165) is 27.3 Å². The summed E-state index contributed by atoms with van der Waals surface area (Å²) >= 11 is 0. The van der Waals surface area contributed by atoms with Gasteiger partial charge in [-0.25, -0.2) is 8.42 Å². The zero-order valence-corrected chi connectivity index (χ0v) is 25.2. The Morgan fingerprint density at radius 2 is 1.28 bits per heavy atom. The third-order valence-corrected chi connectivity index (χ3v) is 8.24. The SMILES string of the molecule is COc1ccc(CN(C(=O)CN(Cc2ccccc2)S(C)(=O)=O)C(C(=O)NCCc2ccccc2)c2ccccc2)cc1. The summed E-state index contributed by atoms with van der Waals surface area (Å²) in [6, 6.07) is 34.2. The van der Waals surface area contributed by atoms with Gasteiger partial charge in [-0.3, -0.25) is 9.59 Å². The molecule has 0 saturated carbocycles. The summed E-state index contributed by atoms with van der Waals surface area (Å²) in [7, 11) is -2.19. The van der Waals surface area contributed by atoms with Crippen LogP contribution in [0.25, 0.3) is 0 Å². The molecule has 4 aromatic rings. The van der Waals surface area contributed by atoms with Crippen molar-refractivity contribution in [3.63, 3.8) is 0 Å². The minimum absolute atomic E-state index is 0.0288. The van der Waals surface area contributed by atoms with Gasteiger partial charge in [0.25, 0.3) is 0 Å². The van der Waals surface area contributed by atoms with Crippen LogP contribution in [-0.2, 0) is 39.1 Å². The zero-order valence-electron chi connectivity index (χ0n) is 24.4. The fraction of sp³-hybridized carbons (Fsp3) is 0.235. The molecule has 0 saturated heterocycles. The number of benzene rings is 4. The molecule has 1 atom stereocenters. The van der Waals surface area contributed by atoms with Gasteiger partial charge in [0.05, 0.1) is 19.9 Å². The van der Waals surface area contributed by atoms with Crippen LogP contribution in [0.1, 0.15) is 28.3 Å². The van der Waals surface area contributed by atoms with E-state index in [9.17, 15) is 18.0 Å². The number of hydrogen-bond donors (Lipinski definition) is 1. The lowest BCUT2D eigenvalue weighted by Crippen LogP contribution is -2.48. The highest BCUT2D eigenvalue weighted by Crippen LogP contribution is 2.25. The van der Waals surface area contributed by atoms with E-state index in [-0.39, 0.29) is 19.0 Å². The van der Waals surface area contributed by atoms with Crippen LogP contribution in [0.3, 0.4) is 0 Å². The highest BCUT2D eigenvalue weighted by Gasteiger charge is 2.33. The molecule has 224 valence electrons. The highest BCUT2D eigenvalue weighted by molar-refractivity contribution is 7.88. The van der Waals surface area contributed by atoms with Gasteiger partial charge in [-0.1, -0.05) is 103 Å². The molecule has 0 aromatic heterocycles. The first-order valence-electron chi connectivity index (χ1n) is 14.0. The van der Waals surface area contributed by atoms with Gasteiger partial charge in [-0.15, -0.1) is 0 Å². The Labute approximate surface area is 254 Å². The standard InChI is InChI=1S/C34H37N3O5S/c1-42-31-20-18-29(19-21-31)25-37(32(38)26-36(43(2,40)41)24-28-14-8-4-9-15-28)33(30-16-10-5-11-17-30)34(39)35-23-22-27-12-6-3-7-13-27/h3-21,33H,22-26H2,1-2H3,(H,35,39). The molecule has 0 bridgehead atoms. The number of sulfonamides is 1. The fourth-order valence-corrected chi connectivity index (χ4v) is 5.48. The van der Waals surface area contributed by atoms with Crippen LogP contribution in [0.5, 0.6) is 5.75 Å². The quantitative estimate of drug-likeness (QED) is 0.229. The van der Waals surface area contributed by atoms with Crippen molar-refractivity contribution >= 4 is 21.8 Å².